The van der Waals surface area contributed by atoms with E-state index in [0.29, 0.717) is 0 Å². The standard InChI is InChI=1S/C11H9ClF3NO3/c12-8-5-6(1-2-7(8)10(18)19)16-9(17)3-4-11(13,14)15/h1-2,5H,3-4H2,(H,16,17)(H,18,19). The zero-order valence-corrected chi connectivity index (χ0v) is 10.2. The predicted molar refractivity (Wildman–Crippen MR) is 62.3 cm³/mol. The van der Waals surface area contributed by atoms with E-state index in [1.807, 2.05) is 0 Å². The van der Waals surface area contributed by atoms with Gasteiger partial charge in [-0.05, 0) is 18.2 Å². The Hall–Kier alpha value is -1.76. The molecule has 1 aromatic carbocycles. The number of rotatable bonds is 4. The second kappa shape index (κ2) is 5.92. The monoisotopic (exact) mass is 295 g/mol. The Bertz CT molecular complexity index is 502. The molecule has 1 aromatic rings. The van der Waals surface area contributed by atoms with E-state index >= 15 is 0 Å². The number of nitrogens with one attached hydrogen (secondary N) is 1. The van der Waals surface area contributed by atoms with Crippen LogP contribution < -0.4 is 5.32 Å². The highest BCUT2D eigenvalue weighted by Crippen LogP contribution is 2.23. The van der Waals surface area contributed by atoms with Gasteiger partial charge < -0.3 is 10.4 Å². The van der Waals surface area contributed by atoms with Gasteiger partial charge in [0.05, 0.1) is 17.0 Å². The summed E-state index contributed by atoms with van der Waals surface area (Å²) < 4.78 is 35.7. The first-order valence-corrected chi connectivity index (χ1v) is 5.46. The molecule has 0 radical (unpaired) electrons. The second-order valence-electron chi connectivity index (χ2n) is 3.66. The molecule has 2 N–H and O–H groups in total. The molecule has 0 heterocycles. The number of hydrogen-bond acceptors (Lipinski definition) is 2. The lowest BCUT2D eigenvalue weighted by molar-refractivity contribution is -0.142. The average Bonchev–Trinajstić information content (AvgIpc) is 2.25. The lowest BCUT2D eigenvalue weighted by atomic mass is 10.2. The molecule has 0 aromatic heterocycles. The van der Waals surface area contributed by atoms with E-state index in [-0.39, 0.29) is 16.3 Å². The van der Waals surface area contributed by atoms with Gasteiger partial charge in [-0.25, -0.2) is 4.79 Å². The number of carboxylic acid groups (broad SMARTS) is 1. The van der Waals surface area contributed by atoms with Crippen LogP contribution in [0.2, 0.25) is 5.02 Å². The van der Waals surface area contributed by atoms with Gasteiger partial charge in [-0.15, -0.1) is 0 Å². The van der Waals surface area contributed by atoms with Crippen LogP contribution in [-0.4, -0.2) is 23.2 Å². The highest BCUT2D eigenvalue weighted by molar-refractivity contribution is 6.33. The average molecular weight is 296 g/mol. The second-order valence-corrected chi connectivity index (χ2v) is 4.07. The molecule has 0 unspecified atom stereocenters. The number of aromatic carboxylic acids is 1. The molecule has 0 saturated heterocycles. The van der Waals surface area contributed by atoms with Crippen molar-refractivity contribution in [1.82, 2.24) is 0 Å². The van der Waals surface area contributed by atoms with Crippen molar-refractivity contribution < 1.29 is 27.9 Å². The van der Waals surface area contributed by atoms with Crippen LogP contribution in [0.5, 0.6) is 0 Å². The number of anilines is 1. The zero-order chi connectivity index (χ0) is 14.6. The maximum Gasteiger partial charge on any atom is 0.389 e. The Balaban J connectivity index is 2.65. The smallest absolute Gasteiger partial charge is 0.389 e. The summed E-state index contributed by atoms with van der Waals surface area (Å²) in [5, 5.41) is 10.8. The van der Waals surface area contributed by atoms with Crippen LogP contribution in [0.3, 0.4) is 0 Å². The number of halogens is 4. The fraction of sp³-hybridized carbons (Fsp3) is 0.273. The third kappa shape index (κ3) is 5.17. The van der Waals surface area contributed by atoms with Crippen molar-refractivity contribution in [3.63, 3.8) is 0 Å². The van der Waals surface area contributed by atoms with E-state index in [9.17, 15) is 22.8 Å². The lowest BCUT2D eigenvalue weighted by Crippen LogP contribution is -2.16. The SMILES string of the molecule is O=C(CCC(F)(F)F)Nc1ccc(C(=O)O)c(Cl)c1. The highest BCUT2D eigenvalue weighted by Gasteiger charge is 2.27. The van der Waals surface area contributed by atoms with E-state index in [1.54, 1.807) is 0 Å². The minimum absolute atomic E-state index is 0.110. The number of amides is 1. The molecular weight excluding hydrogens is 287 g/mol. The van der Waals surface area contributed by atoms with Crippen molar-refractivity contribution >= 4 is 29.2 Å². The molecule has 19 heavy (non-hydrogen) atoms. The number of hydrogen-bond donors (Lipinski definition) is 2. The lowest BCUT2D eigenvalue weighted by Gasteiger charge is -2.08. The molecule has 104 valence electrons. The minimum Gasteiger partial charge on any atom is -0.478 e. The summed E-state index contributed by atoms with van der Waals surface area (Å²) in [6, 6.07) is 3.57. The summed E-state index contributed by atoms with van der Waals surface area (Å²) in [4.78, 5) is 21.9. The van der Waals surface area contributed by atoms with Crippen LogP contribution in [0.25, 0.3) is 0 Å². The first kappa shape index (κ1) is 15.3. The van der Waals surface area contributed by atoms with E-state index < -0.39 is 30.9 Å². The van der Waals surface area contributed by atoms with Crippen molar-refractivity contribution in [2.45, 2.75) is 19.0 Å². The van der Waals surface area contributed by atoms with Gasteiger partial charge in [0, 0.05) is 12.1 Å². The number of benzene rings is 1. The molecule has 0 saturated carbocycles. The molecule has 0 atom stereocenters. The number of alkyl halides is 3. The topological polar surface area (TPSA) is 66.4 Å². The van der Waals surface area contributed by atoms with Crippen LogP contribution >= 0.6 is 11.6 Å². The third-order valence-electron chi connectivity index (χ3n) is 2.12. The van der Waals surface area contributed by atoms with E-state index in [2.05, 4.69) is 5.32 Å². The molecule has 0 fully saturated rings. The number of carbonyl (C=O) groups excluding carboxylic acids is 1. The van der Waals surface area contributed by atoms with Gasteiger partial charge in [0.15, 0.2) is 0 Å². The summed E-state index contributed by atoms with van der Waals surface area (Å²) in [6.45, 7) is 0. The zero-order valence-electron chi connectivity index (χ0n) is 9.42. The van der Waals surface area contributed by atoms with Gasteiger partial charge in [-0.1, -0.05) is 11.6 Å². The first-order chi connectivity index (χ1) is 8.69. The van der Waals surface area contributed by atoms with Crippen molar-refractivity contribution in [2.24, 2.45) is 0 Å². The Kier molecular flexibility index (Phi) is 4.77. The van der Waals surface area contributed by atoms with E-state index in [4.69, 9.17) is 16.7 Å². The fourth-order valence-electron chi connectivity index (χ4n) is 1.25. The Labute approximate surface area is 111 Å². The molecule has 8 heteroatoms. The first-order valence-electron chi connectivity index (χ1n) is 5.08. The molecule has 0 spiro atoms. The maximum atomic E-state index is 11.9. The summed E-state index contributed by atoms with van der Waals surface area (Å²) in [5.74, 6) is -2.06. The number of carbonyl (C=O) groups is 2. The predicted octanol–water partition coefficient (Wildman–Crippen LogP) is 3.32. The largest absolute Gasteiger partial charge is 0.478 e. The normalized spacial score (nSPS) is 11.2. The van der Waals surface area contributed by atoms with Gasteiger partial charge in [0.25, 0.3) is 0 Å². The Morgan fingerprint density at radius 3 is 2.42 bits per heavy atom. The van der Waals surface area contributed by atoms with Crippen LogP contribution in [0.15, 0.2) is 18.2 Å². The molecule has 0 aliphatic heterocycles. The molecule has 0 aliphatic rings. The van der Waals surface area contributed by atoms with Gasteiger partial charge in [0.2, 0.25) is 5.91 Å². The van der Waals surface area contributed by atoms with Gasteiger partial charge in [-0.2, -0.15) is 13.2 Å². The quantitative estimate of drug-likeness (QED) is 0.895. The highest BCUT2D eigenvalue weighted by atomic mass is 35.5. The van der Waals surface area contributed by atoms with Gasteiger partial charge in [-0.3, -0.25) is 4.79 Å². The third-order valence-corrected chi connectivity index (χ3v) is 2.43. The fourth-order valence-corrected chi connectivity index (χ4v) is 1.51. The van der Waals surface area contributed by atoms with Gasteiger partial charge in [0.1, 0.15) is 0 Å². The van der Waals surface area contributed by atoms with Crippen LogP contribution in [-0.2, 0) is 4.79 Å². The van der Waals surface area contributed by atoms with Crippen molar-refractivity contribution in [1.29, 1.82) is 0 Å². The Morgan fingerprint density at radius 1 is 1.32 bits per heavy atom. The van der Waals surface area contributed by atoms with Gasteiger partial charge >= 0.3 is 12.1 Å². The molecular formula is C11H9ClF3NO3. The van der Waals surface area contributed by atoms with E-state index in [1.165, 1.54) is 6.07 Å². The minimum atomic E-state index is -4.40. The molecule has 0 bridgehead atoms. The summed E-state index contributed by atoms with van der Waals surface area (Å²) in [6.07, 6.45) is -6.33. The summed E-state index contributed by atoms with van der Waals surface area (Å²) in [7, 11) is 0. The van der Waals surface area contributed by atoms with Crippen molar-refractivity contribution in [3.05, 3.63) is 28.8 Å². The van der Waals surface area contributed by atoms with E-state index in [0.717, 1.165) is 12.1 Å². The Morgan fingerprint density at radius 2 is 1.95 bits per heavy atom. The molecule has 0 aliphatic carbocycles. The maximum absolute atomic E-state index is 11.9. The summed E-state index contributed by atoms with van der Waals surface area (Å²) >= 11 is 5.65. The van der Waals surface area contributed by atoms with Crippen molar-refractivity contribution in [3.8, 4) is 0 Å². The number of carboxylic acids is 1. The molecule has 1 amide bonds. The van der Waals surface area contributed by atoms with Crippen LogP contribution in [0.4, 0.5) is 18.9 Å². The van der Waals surface area contributed by atoms with Crippen LogP contribution in [0.1, 0.15) is 23.2 Å². The molecule has 4 nitrogen and oxygen atoms in total. The van der Waals surface area contributed by atoms with Crippen molar-refractivity contribution in [2.75, 3.05) is 5.32 Å². The van der Waals surface area contributed by atoms with Crippen LogP contribution in [0, 0.1) is 0 Å². The summed E-state index contributed by atoms with van der Waals surface area (Å²) in [5.41, 5.74) is -0.0165. The molecule has 1 rings (SSSR count).